The standard InChI is InChI=1S/C20H22FN3O3S2/c21-14-5-7-16(8-6-14)27-12-15(25)13-29-20-23-22-19(18-4-2-10-28-18)24(20)11-17-3-1-9-26-17/h2,4-8,10,15,17,25H,1,3,9,11-13H2/t15-,17+/m1/s1. The van der Waals surface area contributed by atoms with E-state index in [2.05, 4.69) is 14.8 Å². The molecule has 2 atom stereocenters. The van der Waals surface area contributed by atoms with Gasteiger partial charge >= 0.3 is 0 Å². The molecular weight excluding hydrogens is 413 g/mol. The molecule has 0 saturated carbocycles. The zero-order valence-corrected chi connectivity index (χ0v) is 17.4. The second-order valence-electron chi connectivity index (χ2n) is 6.76. The van der Waals surface area contributed by atoms with E-state index in [9.17, 15) is 9.50 Å². The van der Waals surface area contributed by atoms with Gasteiger partial charge in [0.15, 0.2) is 11.0 Å². The minimum atomic E-state index is -0.692. The molecule has 4 rings (SSSR count). The predicted molar refractivity (Wildman–Crippen MR) is 111 cm³/mol. The number of halogens is 1. The molecule has 2 aromatic heterocycles. The summed E-state index contributed by atoms with van der Waals surface area (Å²) in [7, 11) is 0. The monoisotopic (exact) mass is 435 g/mol. The highest BCUT2D eigenvalue weighted by Crippen LogP contribution is 2.29. The fourth-order valence-corrected chi connectivity index (χ4v) is 4.65. The zero-order valence-electron chi connectivity index (χ0n) is 15.7. The van der Waals surface area contributed by atoms with Gasteiger partial charge in [-0.1, -0.05) is 17.8 Å². The van der Waals surface area contributed by atoms with E-state index < -0.39 is 6.10 Å². The highest BCUT2D eigenvalue weighted by Gasteiger charge is 2.22. The van der Waals surface area contributed by atoms with Crippen LogP contribution in [0.5, 0.6) is 5.75 Å². The Morgan fingerprint density at radius 1 is 1.31 bits per heavy atom. The third-order valence-corrected chi connectivity index (χ3v) is 6.51. The molecule has 9 heteroatoms. The van der Waals surface area contributed by atoms with Gasteiger partial charge in [-0.25, -0.2) is 4.39 Å². The Morgan fingerprint density at radius 3 is 2.90 bits per heavy atom. The van der Waals surface area contributed by atoms with Gasteiger partial charge in [-0.05, 0) is 48.6 Å². The lowest BCUT2D eigenvalue weighted by molar-refractivity contribution is 0.0953. The average Bonchev–Trinajstić information content (AvgIpc) is 3.49. The van der Waals surface area contributed by atoms with Crippen molar-refractivity contribution in [2.24, 2.45) is 0 Å². The molecule has 1 saturated heterocycles. The predicted octanol–water partition coefficient (Wildman–Crippen LogP) is 3.86. The maximum atomic E-state index is 12.9. The van der Waals surface area contributed by atoms with Crippen LogP contribution in [0.3, 0.4) is 0 Å². The number of aliphatic hydroxyl groups excluding tert-OH is 1. The second kappa shape index (κ2) is 9.71. The molecule has 0 radical (unpaired) electrons. The number of ether oxygens (including phenoxy) is 2. The van der Waals surface area contributed by atoms with Crippen LogP contribution in [0.1, 0.15) is 12.8 Å². The van der Waals surface area contributed by atoms with Crippen LogP contribution < -0.4 is 4.74 Å². The van der Waals surface area contributed by atoms with Gasteiger partial charge in [-0.2, -0.15) is 0 Å². The summed E-state index contributed by atoms with van der Waals surface area (Å²) in [4.78, 5) is 1.06. The van der Waals surface area contributed by atoms with E-state index in [1.165, 1.54) is 23.9 Å². The summed E-state index contributed by atoms with van der Waals surface area (Å²) in [6.07, 6.45) is 1.57. The van der Waals surface area contributed by atoms with E-state index in [0.717, 1.165) is 35.3 Å². The molecule has 1 aromatic carbocycles. The second-order valence-corrected chi connectivity index (χ2v) is 8.69. The van der Waals surface area contributed by atoms with E-state index >= 15 is 0 Å². The molecule has 0 bridgehead atoms. The minimum absolute atomic E-state index is 0.121. The van der Waals surface area contributed by atoms with Crippen molar-refractivity contribution in [2.75, 3.05) is 19.0 Å². The van der Waals surface area contributed by atoms with E-state index in [4.69, 9.17) is 9.47 Å². The fraction of sp³-hybridized carbons (Fsp3) is 0.400. The lowest BCUT2D eigenvalue weighted by Crippen LogP contribution is -2.21. The number of nitrogens with zero attached hydrogens (tertiary/aromatic N) is 3. The van der Waals surface area contributed by atoms with Gasteiger partial charge in [0.25, 0.3) is 0 Å². The van der Waals surface area contributed by atoms with Crippen LogP contribution in [0.15, 0.2) is 46.9 Å². The van der Waals surface area contributed by atoms with Crippen molar-refractivity contribution in [1.82, 2.24) is 14.8 Å². The first-order valence-corrected chi connectivity index (χ1v) is 11.3. The van der Waals surface area contributed by atoms with E-state index in [1.807, 2.05) is 17.5 Å². The highest BCUT2D eigenvalue weighted by atomic mass is 32.2. The first-order valence-electron chi connectivity index (χ1n) is 9.47. The smallest absolute Gasteiger partial charge is 0.191 e. The molecule has 0 aliphatic carbocycles. The molecule has 1 fully saturated rings. The SMILES string of the molecule is O[C@H](COc1ccc(F)cc1)CSc1nnc(-c2cccs2)n1C[C@@H]1CCCO1. The van der Waals surface area contributed by atoms with Crippen LogP contribution >= 0.6 is 23.1 Å². The van der Waals surface area contributed by atoms with E-state index in [-0.39, 0.29) is 18.5 Å². The molecule has 0 amide bonds. The number of aliphatic hydroxyl groups is 1. The Balaban J connectivity index is 1.38. The summed E-state index contributed by atoms with van der Waals surface area (Å²) in [5, 5.41) is 21.8. The molecule has 154 valence electrons. The number of benzene rings is 1. The molecule has 29 heavy (non-hydrogen) atoms. The summed E-state index contributed by atoms with van der Waals surface area (Å²) in [5.74, 6) is 1.45. The molecule has 0 unspecified atom stereocenters. The van der Waals surface area contributed by atoms with Gasteiger partial charge in [-0.3, -0.25) is 4.57 Å². The molecule has 3 aromatic rings. The molecule has 1 aliphatic rings. The Bertz CT molecular complexity index is 896. The Hall–Kier alpha value is -1.94. The Morgan fingerprint density at radius 2 is 2.17 bits per heavy atom. The van der Waals surface area contributed by atoms with Crippen molar-refractivity contribution >= 4 is 23.1 Å². The van der Waals surface area contributed by atoms with Crippen LogP contribution in [0.4, 0.5) is 4.39 Å². The van der Waals surface area contributed by atoms with Crippen molar-refractivity contribution < 1.29 is 19.0 Å². The van der Waals surface area contributed by atoms with Crippen molar-refractivity contribution in [3.05, 3.63) is 47.6 Å². The molecule has 1 aliphatic heterocycles. The first kappa shape index (κ1) is 20.3. The third kappa shape index (κ3) is 5.36. The number of hydrogen-bond acceptors (Lipinski definition) is 7. The van der Waals surface area contributed by atoms with Crippen LogP contribution in [-0.2, 0) is 11.3 Å². The van der Waals surface area contributed by atoms with Crippen molar-refractivity contribution in [3.63, 3.8) is 0 Å². The molecule has 1 N–H and O–H groups in total. The Labute approximate surface area is 176 Å². The fourth-order valence-electron chi connectivity index (χ4n) is 3.08. The quantitative estimate of drug-likeness (QED) is 0.515. The lowest BCUT2D eigenvalue weighted by atomic mass is 10.2. The highest BCUT2D eigenvalue weighted by molar-refractivity contribution is 7.99. The summed E-state index contributed by atoms with van der Waals surface area (Å²) in [6, 6.07) is 9.77. The third-order valence-electron chi connectivity index (χ3n) is 4.53. The van der Waals surface area contributed by atoms with Crippen molar-refractivity contribution in [3.8, 4) is 16.5 Å². The van der Waals surface area contributed by atoms with Gasteiger partial charge in [0.1, 0.15) is 18.2 Å². The number of aromatic nitrogens is 3. The van der Waals surface area contributed by atoms with Gasteiger partial charge in [0.2, 0.25) is 0 Å². The maximum absolute atomic E-state index is 12.9. The number of thiophene rings is 1. The first-order chi connectivity index (χ1) is 14.2. The number of rotatable bonds is 9. The van der Waals surface area contributed by atoms with Gasteiger partial charge in [-0.15, -0.1) is 21.5 Å². The van der Waals surface area contributed by atoms with Gasteiger partial charge in [0.05, 0.1) is 23.6 Å². The van der Waals surface area contributed by atoms with Crippen LogP contribution in [0, 0.1) is 5.82 Å². The normalized spacial score (nSPS) is 17.5. The Kier molecular flexibility index (Phi) is 6.81. The van der Waals surface area contributed by atoms with Crippen LogP contribution in [0.2, 0.25) is 0 Å². The van der Waals surface area contributed by atoms with Crippen molar-refractivity contribution in [1.29, 1.82) is 0 Å². The van der Waals surface area contributed by atoms with Crippen LogP contribution in [0.25, 0.3) is 10.7 Å². The topological polar surface area (TPSA) is 69.4 Å². The summed E-state index contributed by atoms with van der Waals surface area (Å²) < 4.78 is 26.4. The van der Waals surface area contributed by atoms with Crippen molar-refractivity contribution in [2.45, 2.75) is 36.8 Å². The number of hydrogen-bond donors (Lipinski definition) is 1. The van der Waals surface area contributed by atoms with E-state index in [1.54, 1.807) is 23.5 Å². The van der Waals surface area contributed by atoms with Crippen LogP contribution in [-0.4, -0.2) is 51.0 Å². The molecular formula is C20H22FN3O3S2. The lowest BCUT2D eigenvalue weighted by Gasteiger charge is -2.15. The number of thioether (sulfide) groups is 1. The zero-order chi connectivity index (χ0) is 20.1. The van der Waals surface area contributed by atoms with E-state index in [0.29, 0.717) is 18.0 Å². The average molecular weight is 436 g/mol. The molecule has 6 nitrogen and oxygen atoms in total. The minimum Gasteiger partial charge on any atom is -0.491 e. The largest absolute Gasteiger partial charge is 0.491 e. The molecule has 0 spiro atoms. The summed E-state index contributed by atoms with van der Waals surface area (Å²) in [6.45, 7) is 1.62. The maximum Gasteiger partial charge on any atom is 0.191 e. The summed E-state index contributed by atoms with van der Waals surface area (Å²) in [5.41, 5.74) is 0. The molecule has 3 heterocycles. The summed E-state index contributed by atoms with van der Waals surface area (Å²) >= 11 is 3.07. The van der Waals surface area contributed by atoms with Gasteiger partial charge in [0, 0.05) is 12.4 Å². The van der Waals surface area contributed by atoms with Gasteiger partial charge < -0.3 is 14.6 Å².